The molecule has 46 heavy (non-hydrogen) atoms. The number of aromatic nitrogens is 3. The predicted molar refractivity (Wildman–Crippen MR) is 188 cm³/mol. The summed E-state index contributed by atoms with van der Waals surface area (Å²) in [6.45, 7) is 6.32. The minimum atomic E-state index is -0.546. The van der Waals surface area contributed by atoms with Crippen LogP contribution in [0.3, 0.4) is 0 Å². The van der Waals surface area contributed by atoms with Crippen molar-refractivity contribution in [3.63, 3.8) is 0 Å². The molecule has 0 saturated heterocycles. The van der Waals surface area contributed by atoms with E-state index in [0.717, 1.165) is 34.0 Å². The summed E-state index contributed by atoms with van der Waals surface area (Å²) in [5.41, 5.74) is 15.5. The third-order valence-corrected chi connectivity index (χ3v) is 9.37. The lowest BCUT2D eigenvalue weighted by atomic mass is 9.67. The molecule has 1 unspecified atom stereocenters. The van der Waals surface area contributed by atoms with Gasteiger partial charge in [0.15, 0.2) is 5.82 Å². The summed E-state index contributed by atoms with van der Waals surface area (Å²) in [6, 6.07) is 50.1. The highest BCUT2D eigenvalue weighted by atomic mass is 14.9. The Morgan fingerprint density at radius 1 is 0.500 bits per heavy atom. The van der Waals surface area contributed by atoms with Gasteiger partial charge in [0.05, 0.1) is 11.1 Å². The first-order valence-electron chi connectivity index (χ1n) is 15.8. The quantitative estimate of drug-likeness (QED) is 0.200. The zero-order valence-corrected chi connectivity index (χ0v) is 26.2. The fourth-order valence-corrected chi connectivity index (χ4v) is 7.39. The van der Waals surface area contributed by atoms with Gasteiger partial charge in [0.2, 0.25) is 0 Å². The number of hydrogen-bond acceptors (Lipinski definition) is 3. The molecule has 0 radical (unpaired) electrons. The van der Waals surface area contributed by atoms with Crippen LogP contribution in [-0.2, 0) is 5.41 Å². The summed E-state index contributed by atoms with van der Waals surface area (Å²) in [5, 5.41) is 0. The van der Waals surface area contributed by atoms with Crippen LogP contribution in [0.5, 0.6) is 0 Å². The fraction of sp³-hybridized carbons (Fsp3) is 0.0930. The van der Waals surface area contributed by atoms with E-state index in [1.165, 1.54) is 50.1 Å². The number of fused-ring (bicyclic) bond motifs is 3. The number of benzene rings is 5. The van der Waals surface area contributed by atoms with E-state index >= 15 is 0 Å². The summed E-state index contributed by atoms with van der Waals surface area (Å²) in [6.07, 6.45) is 1.90. The number of rotatable bonds is 5. The van der Waals surface area contributed by atoms with Crippen molar-refractivity contribution in [1.29, 1.82) is 0 Å². The lowest BCUT2D eigenvalue weighted by molar-refractivity contribution is 0.769. The van der Waals surface area contributed by atoms with E-state index in [0.29, 0.717) is 0 Å². The normalized spacial score (nSPS) is 14.9. The second-order valence-corrected chi connectivity index (χ2v) is 12.2. The molecular formula is C43H33N3. The maximum atomic E-state index is 5.08. The van der Waals surface area contributed by atoms with Crippen LogP contribution in [0.15, 0.2) is 146 Å². The van der Waals surface area contributed by atoms with E-state index in [1.54, 1.807) is 0 Å². The number of nitrogens with zero attached hydrogens (tertiary/aromatic N) is 3. The standard InChI is InChI=1S/C43H33N3/c1-28-23-24-44-30(3)41(28)32-21-22-37-36-19-10-11-20-38(36)43(39(37)27-32,34-16-8-5-9-17-34)35-18-12-15-33(26-35)42-45-29(2)25-40(46-42)31-13-6-4-7-14-31/h4-27H,1-3H3. The number of pyridine rings is 1. The fourth-order valence-electron chi connectivity index (χ4n) is 7.39. The molecule has 0 amide bonds. The lowest BCUT2D eigenvalue weighted by Crippen LogP contribution is -2.28. The molecule has 0 N–H and O–H groups in total. The summed E-state index contributed by atoms with van der Waals surface area (Å²) in [4.78, 5) is 14.7. The highest BCUT2D eigenvalue weighted by Crippen LogP contribution is 2.57. The zero-order valence-electron chi connectivity index (χ0n) is 26.2. The van der Waals surface area contributed by atoms with Crippen LogP contribution in [0.4, 0.5) is 0 Å². The summed E-state index contributed by atoms with van der Waals surface area (Å²) >= 11 is 0. The smallest absolute Gasteiger partial charge is 0.160 e. The maximum Gasteiger partial charge on any atom is 0.160 e. The van der Waals surface area contributed by atoms with Crippen molar-refractivity contribution < 1.29 is 0 Å². The topological polar surface area (TPSA) is 38.7 Å². The van der Waals surface area contributed by atoms with Crippen LogP contribution < -0.4 is 0 Å². The van der Waals surface area contributed by atoms with Gasteiger partial charge in [0.1, 0.15) is 0 Å². The molecule has 1 aliphatic rings. The first kappa shape index (κ1) is 27.8. The Balaban J connectivity index is 1.40. The predicted octanol–water partition coefficient (Wildman–Crippen LogP) is 10.2. The highest BCUT2D eigenvalue weighted by molar-refractivity contribution is 5.89. The van der Waals surface area contributed by atoms with E-state index in [-0.39, 0.29) is 0 Å². The Morgan fingerprint density at radius 2 is 1.20 bits per heavy atom. The van der Waals surface area contributed by atoms with Gasteiger partial charge >= 0.3 is 0 Å². The second-order valence-electron chi connectivity index (χ2n) is 12.2. The minimum Gasteiger partial charge on any atom is -0.261 e. The van der Waals surface area contributed by atoms with E-state index in [1.807, 2.05) is 19.2 Å². The van der Waals surface area contributed by atoms with E-state index < -0.39 is 5.41 Å². The largest absolute Gasteiger partial charge is 0.261 e. The molecule has 0 fully saturated rings. The molecule has 220 valence electrons. The van der Waals surface area contributed by atoms with E-state index in [4.69, 9.17) is 9.97 Å². The highest BCUT2D eigenvalue weighted by Gasteiger charge is 2.46. The zero-order chi connectivity index (χ0) is 31.3. The Kier molecular flexibility index (Phi) is 6.69. The summed E-state index contributed by atoms with van der Waals surface area (Å²) in [7, 11) is 0. The molecule has 0 saturated carbocycles. The second kappa shape index (κ2) is 11.0. The Morgan fingerprint density at radius 3 is 2.00 bits per heavy atom. The molecule has 0 aliphatic heterocycles. The monoisotopic (exact) mass is 591 g/mol. The Hall–Kier alpha value is -5.67. The molecule has 7 aromatic rings. The summed E-state index contributed by atoms with van der Waals surface area (Å²) < 4.78 is 0. The molecule has 1 atom stereocenters. The molecule has 0 spiro atoms. The SMILES string of the molecule is Cc1cc(-c2ccccc2)nc(-c2cccc(C3(c4ccccc4)c4ccccc4-c4ccc(-c5c(C)ccnc5C)cc43)c2)n1. The van der Waals surface area contributed by atoms with Gasteiger partial charge in [-0.1, -0.05) is 115 Å². The molecule has 8 rings (SSSR count). The van der Waals surface area contributed by atoms with Gasteiger partial charge < -0.3 is 0 Å². The van der Waals surface area contributed by atoms with Gasteiger partial charge in [-0.15, -0.1) is 0 Å². The Bertz CT molecular complexity index is 2220. The van der Waals surface area contributed by atoms with E-state index in [2.05, 4.69) is 152 Å². The van der Waals surface area contributed by atoms with Gasteiger partial charge in [-0.3, -0.25) is 4.98 Å². The van der Waals surface area contributed by atoms with Gasteiger partial charge in [-0.25, -0.2) is 9.97 Å². The summed E-state index contributed by atoms with van der Waals surface area (Å²) in [5.74, 6) is 0.728. The molecular weight excluding hydrogens is 558 g/mol. The van der Waals surface area contributed by atoms with Crippen molar-refractivity contribution in [3.05, 3.63) is 185 Å². The number of aryl methyl sites for hydroxylation is 3. The van der Waals surface area contributed by atoms with E-state index in [9.17, 15) is 0 Å². The molecule has 5 aromatic carbocycles. The molecule has 2 aromatic heterocycles. The van der Waals surface area contributed by atoms with Gasteiger partial charge in [0.25, 0.3) is 0 Å². The third kappa shape index (κ3) is 4.39. The van der Waals surface area contributed by atoms with Crippen molar-refractivity contribution >= 4 is 0 Å². The maximum absolute atomic E-state index is 5.08. The third-order valence-electron chi connectivity index (χ3n) is 9.37. The molecule has 2 heterocycles. The van der Waals surface area contributed by atoms with Crippen LogP contribution in [0, 0.1) is 20.8 Å². The van der Waals surface area contributed by atoms with Crippen LogP contribution in [-0.4, -0.2) is 15.0 Å². The molecule has 3 heteroatoms. The van der Waals surface area contributed by atoms with Gasteiger partial charge in [0, 0.05) is 34.3 Å². The van der Waals surface area contributed by atoms with Crippen molar-refractivity contribution in [1.82, 2.24) is 15.0 Å². The lowest BCUT2D eigenvalue weighted by Gasteiger charge is -2.34. The van der Waals surface area contributed by atoms with Crippen molar-refractivity contribution in [2.24, 2.45) is 0 Å². The van der Waals surface area contributed by atoms with Crippen LogP contribution >= 0.6 is 0 Å². The van der Waals surface area contributed by atoms with Crippen molar-refractivity contribution in [3.8, 4) is 44.9 Å². The minimum absolute atomic E-state index is 0.546. The van der Waals surface area contributed by atoms with Gasteiger partial charge in [-0.05, 0) is 89.5 Å². The van der Waals surface area contributed by atoms with Crippen LogP contribution in [0.2, 0.25) is 0 Å². The average Bonchev–Trinajstić information content (AvgIpc) is 3.39. The molecule has 3 nitrogen and oxygen atoms in total. The average molecular weight is 592 g/mol. The Labute approximate surface area is 270 Å². The first-order chi connectivity index (χ1) is 22.5. The molecule has 1 aliphatic carbocycles. The van der Waals surface area contributed by atoms with Crippen molar-refractivity contribution in [2.45, 2.75) is 26.2 Å². The number of hydrogen-bond donors (Lipinski definition) is 0. The van der Waals surface area contributed by atoms with Gasteiger partial charge in [-0.2, -0.15) is 0 Å². The van der Waals surface area contributed by atoms with Crippen molar-refractivity contribution in [2.75, 3.05) is 0 Å². The van der Waals surface area contributed by atoms with Crippen LogP contribution in [0.25, 0.3) is 44.9 Å². The first-order valence-corrected chi connectivity index (χ1v) is 15.8. The molecule has 0 bridgehead atoms. The van der Waals surface area contributed by atoms with Crippen LogP contribution in [0.1, 0.15) is 39.2 Å².